The van der Waals surface area contributed by atoms with Gasteiger partial charge in [-0.1, -0.05) is 28.1 Å². The predicted octanol–water partition coefficient (Wildman–Crippen LogP) is 3.92. The van der Waals surface area contributed by atoms with Gasteiger partial charge in [0.05, 0.1) is 0 Å². The molecule has 0 aliphatic carbocycles. The van der Waals surface area contributed by atoms with Crippen LogP contribution in [0.1, 0.15) is 11.1 Å². The lowest BCUT2D eigenvalue weighted by Crippen LogP contribution is -1.96. The molecule has 0 spiro atoms. The minimum atomic E-state index is 0.557. The van der Waals surface area contributed by atoms with E-state index in [-0.39, 0.29) is 0 Å². The molecule has 0 aliphatic rings. The molecule has 0 bridgehead atoms. The van der Waals surface area contributed by atoms with Crippen LogP contribution in [-0.4, -0.2) is 0 Å². The predicted molar refractivity (Wildman–Crippen MR) is 74.1 cm³/mol. The Balaban J connectivity index is 2.02. The molecule has 0 aromatic heterocycles. The Labute approximate surface area is 110 Å². The van der Waals surface area contributed by atoms with Gasteiger partial charge in [0.2, 0.25) is 0 Å². The Morgan fingerprint density at radius 1 is 1.12 bits per heavy atom. The summed E-state index contributed by atoms with van der Waals surface area (Å²) in [6.45, 7) is 2.60. The van der Waals surface area contributed by atoms with Crippen LogP contribution in [0.4, 0.5) is 5.69 Å². The van der Waals surface area contributed by atoms with E-state index in [0.717, 1.165) is 21.5 Å². The zero-order valence-corrected chi connectivity index (χ0v) is 11.2. The second-order valence-electron chi connectivity index (χ2n) is 3.94. The smallest absolute Gasteiger partial charge is 0.120 e. The van der Waals surface area contributed by atoms with Crippen molar-refractivity contribution in [1.29, 1.82) is 0 Å². The van der Waals surface area contributed by atoms with Crippen molar-refractivity contribution in [2.24, 2.45) is 0 Å². The maximum Gasteiger partial charge on any atom is 0.120 e. The molecule has 2 aromatic rings. The van der Waals surface area contributed by atoms with Crippen molar-refractivity contribution in [3.8, 4) is 5.75 Å². The molecule has 0 fully saturated rings. The van der Waals surface area contributed by atoms with E-state index in [1.165, 1.54) is 5.56 Å². The molecule has 0 heterocycles. The van der Waals surface area contributed by atoms with E-state index in [2.05, 4.69) is 15.9 Å². The summed E-state index contributed by atoms with van der Waals surface area (Å²) in [4.78, 5) is 0. The number of benzene rings is 2. The van der Waals surface area contributed by atoms with E-state index in [1.807, 2.05) is 49.4 Å². The summed E-state index contributed by atoms with van der Waals surface area (Å²) in [6, 6.07) is 13.7. The Bertz CT molecular complexity index is 508. The molecule has 88 valence electrons. The van der Waals surface area contributed by atoms with Crippen LogP contribution >= 0.6 is 15.9 Å². The van der Waals surface area contributed by atoms with E-state index in [1.54, 1.807) is 0 Å². The number of nitrogens with two attached hydrogens (primary N) is 1. The SMILES string of the molecule is Cc1cc(OCc2ccc(N)cc2)ccc1Br. The number of anilines is 1. The van der Waals surface area contributed by atoms with Crippen LogP contribution in [0, 0.1) is 6.92 Å². The van der Waals surface area contributed by atoms with Crippen LogP contribution in [0.2, 0.25) is 0 Å². The molecule has 0 aliphatic heterocycles. The number of ether oxygens (including phenoxy) is 1. The summed E-state index contributed by atoms with van der Waals surface area (Å²) in [7, 11) is 0. The molecule has 2 rings (SSSR count). The molecule has 0 amide bonds. The van der Waals surface area contributed by atoms with Crippen molar-refractivity contribution in [2.45, 2.75) is 13.5 Å². The Morgan fingerprint density at radius 2 is 1.82 bits per heavy atom. The van der Waals surface area contributed by atoms with E-state index >= 15 is 0 Å². The summed E-state index contributed by atoms with van der Waals surface area (Å²) < 4.78 is 6.80. The van der Waals surface area contributed by atoms with Gasteiger partial charge in [-0.2, -0.15) is 0 Å². The maximum absolute atomic E-state index is 5.71. The first-order chi connectivity index (χ1) is 8.15. The monoisotopic (exact) mass is 291 g/mol. The van der Waals surface area contributed by atoms with Crippen LogP contribution < -0.4 is 10.5 Å². The van der Waals surface area contributed by atoms with Crippen molar-refractivity contribution in [1.82, 2.24) is 0 Å². The molecule has 2 N–H and O–H groups in total. The van der Waals surface area contributed by atoms with Crippen LogP contribution in [0.3, 0.4) is 0 Å². The zero-order chi connectivity index (χ0) is 12.3. The van der Waals surface area contributed by atoms with E-state index in [0.29, 0.717) is 6.61 Å². The van der Waals surface area contributed by atoms with Crippen molar-refractivity contribution >= 4 is 21.6 Å². The third kappa shape index (κ3) is 3.24. The second-order valence-corrected chi connectivity index (χ2v) is 4.80. The van der Waals surface area contributed by atoms with Gasteiger partial charge in [0.15, 0.2) is 0 Å². The van der Waals surface area contributed by atoms with E-state index in [4.69, 9.17) is 10.5 Å². The first kappa shape index (κ1) is 12.0. The largest absolute Gasteiger partial charge is 0.489 e. The Morgan fingerprint density at radius 3 is 2.47 bits per heavy atom. The average molecular weight is 292 g/mol. The van der Waals surface area contributed by atoms with Crippen molar-refractivity contribution in [3.63, 3.8) is 0 Å². The number of aryl methyl sites for hydroxylation is 1. The molecule has 3 heteroatoms. The number of halogens is 1. The topological polar surface area (TPSA) is 35.2 Å². The van der Waals surface area contributed by atoms with Crippen LogP contribution in [0.25, 0.3) is 0 Å². The first-order valence-corrected chi connectivity index (χ1v) is 6.18. The fraction of sp³-hybridized carbons (Fsp3) is 0.143. The summed E-state index contributed by atoms with van der Waals surface area (Å²) in [5, 5.41) is 0. The van der Waals surface area contributed by atoms with Gasteiger partial charge in [0.1, 0.15) is 12.4 Å². The van der Waals surface area contributed by atoms with Crippen molar-refractivity contribution < 1.29 is 4.74 Å². The molecular formula is C14H14BrNO. The number of hydrogen-bond acceptors (Lipinski definition) is 2. The molecule has 17 heavy (non-hydrogen) atoms. The van der Waals surface area contributed by atoms with E-state index < -0.39 is 0 Å². The molecule has 0 saturated heterocycles. The second kappa shape index (κ2) is 5.23. The summed E-state index contributed by atoms with van der Waals surface area (Å²) >= 11 is 3.46. The molecule has 0 radical (unpaired) electrons. The molecule has 0 unspecified atom stereocenters. The van der Waals surface area contributed by atoms with Crippen molar-refractivity contribution in [2.75, 3.05) is 5.73 Å². The van der Waals surface area contributed by atoms with Gasteiger partial charge >= 0.3 is 0 Å². The highest BCUT2D eigenvalue weighted by molar-refractivity contribution is 9.10. The molecular weight excluding hydrogens is 278 g/mol. The summed E-state index contributed by atoms with van der Waals surface area (Å²) in [6.07, 6.45) is 0. The Hall–Kier alpha value is -1.48. The van der Waals surface area contributed by atoms with Gasteiger partial charge in [-0.05, 0) is 48.4 Å². The number of nitrogen functional groups attached to an aromatic ring is 1. The maximum atomic E-state index is 5.71. The highest BCUT2D eigenvalue weighted by atomic mass is 79.9. The highest BCUT2D eigenvalue weighted by Gasteiger charge is 1.99. The normalized spacial score (nSPS) is 10.2. The third-order valence-electron chi connectivity index (χ3n) is 2.51. The standard InChI is InChI=1S/C14H14BrNO/c1-10-8-13(6-7-14(10)15)17-9-11-2-4-12(16)5-3-11/h2-8H,9,16H2,1H3. The van der Waals surface area contributed by atoms with Crippen LogP contribution in [0.5, 0.6) is 5.75 Å². The summed E-state index contributed by atoms with van der Waals surface area (Å²) in [5.41, 5.74) is 8.67. The molecule has 2 nitrogen and oxygen atoms in total. The van der Waals surface area contributed by atoms with Gasteiger partial charge in [-0.15, -0.1) is 0 Å². The van der Waals surface area contributed by atoms with Gasteiger partial charge < -0.3 is 10.5 Å². The lowest BCUT2D eigenvalue weighted by molar-refractivity contribution is 0.306. The third-order valence-corrected chi connectivity index (χ3v) is 3.40. The van der Waals surface area contributed by atoms with Crippen molar-refractivity contribution in [3.05, 3.63) is 58.1 Å². The Kier molecular flexibility index (Phi) is 3.69. The van der Waals surface area contributed by atoms with Gasteiger partial charge in [-0.25, -0.2) is 0 Å². The fourth-order valence-electron chi connectivity index (χ4n) is 1.49. The quantitative estimate of drug-likeness (QED) is 0.870. The highest BCUT2D eigenvalue weighted by Crippen LogP contribution is 2.22. The molecule has 2 aromatic carbocycles. The van der Waals surface area contributed by atoms with E-state index in [9.17, 15) is 0 Å². The minimum Gasteiger partial charge on any atom is -0.489 e. The van der Waals surface area contributed by atoms with Gasteiger partial charge in [-0.3, -0.25) is 0 Å². The first-order valence-electron chi connectivity index (χ1n) is 5.38. The fourth-order valence-corrected chi connectivity index (χ4v) is 1.73. The number of rotatable bonds is 3. The molecule has 0 atom stereocenters. The molecule has 0 saturated carbocycles. The van der Waals surface area contributed by atoms with Crippen LogP contribution in [-0.2, 0) is 6.61 Å². The van der Waals surface area contributed by atoms with Gasteiger partial charge in [0.25, 0.3) is 0 Å². The minimum absolute atomic E-state index is 0.557. The summed E-state index contributed by atoms with van der Waals surface area (Å²) in [5.74, 6) is 0.877. The lowest BCUT2D eigenvalue weighted by Gasteiger charge is -2.08. The van der Waals surface area contributed by atoms with Crippen LogP contribution in [0.15, 0.2) is 46.9 Å². The lowest BCUT2D eigenvalue weighted by atomic mass is 10.2. The zero-order valence-electron chi connectivity index (χ0n) is 9.61. The van der Waals surface area contributed by atoms with Gasteiger partial charge in [0, 0.05) is 10.2 Å². The average Bonchev–Trinajstić information content (AvgIpc) is 2.33. The number of hydrogen-bond donors (Lipinski definition) is 1.